The highest BCUT2D eigenvalue weighted by Crippen LogP contribution is 2.33. The second-order valence-corrected chi connectivity index (χ2v) is 8.93. The topological polar surface area (TPSA) is 146 Å². The molecule has 0 atom stereocenters. The maximum absolute atomic E-state index is 12.5. The number of benzene rings is 2. The SMILES string of the molecule is Cc1c(C(=O)Nc2nnc(SCC(=O)Nc3ccc4c(c3)OCCO4)s2)cccc1[N+](=O)[O-]. The van der Waals surface area contributed by atoms with Gasteiger partial charge in [0.2, 0.25) is 11.0 Å². The summed E-state index contributed by atoms with van der Waals surface area (Å²) in [4.78, 5) is 35.3. The largest absolute Gasteiger partial charge is 0.486 e. The molecule has 33 heavy (non-hydrogen) atoms. The Morgan fingerprint density at radius 3 is 2.73 bits per heavy atom. The van der Waals surface area contributed by atoms with Crippen molar-refractivity contribution in [1.82, 2.24) is 10.2 Å². The summed E-state index contributed by atoms with van der Waals surface area (Å²) >= 11 is 2.26. The summed E-state index contributed by atoms with van der Waals surface area (Å²) in [5.41, 5.74) is 0.880. The van der Waals surface area contributed by atoms with Crippen LogP contribution in [0.1, 0.15) is 15.9 Å². The maximum Gasteiger partial charge on any atom is 0.273 e. The Balaban J connectivity index is 1.32. The fraction of sp³-hybridized carbons (Fsp3) is 0.200. The summed E-state index contributed by atoms with van der Waals surface area (Å²) in [5, 5.41) is 24.5. The molecule has 2 amide bonds. The van der Waals surface area contributed by atoms with Crippen molar-refractivity contribution in [2.24, 2.45) is 0 Å². The van der Waals surface area contributed by atoms with Gasteiger partial charge in [-0.05, 0) is 25.1 Å². The highest BCUT2D eigenvalue weighted by molar-refractivity contribution is 8.01. The standard InChI is InChI=1S/C20H17N5O6S2/c1-11-13(3-2-4-14(11)25(28)29)18(27)22-19-23-24-20(33-19)32-10-17(26)21-12-5-6-15-16(9-12)31-8-7-30-15/h2-6,9H,7-8,10H2,1H3,(H,21,26)(H,22,23,27). The van der Waals surface area contributed by atoms with Crippen molar-refractivity contribution >= 4 is 51.4 Å². The molecule has 0 spiro atoms. The zero-order valence-electron chi connectivity index (χ0n) is 17.2. The number of rotatable bonds is 7. The molecule has 2 aromatic carbocycles. The molecule has 11 nitrogen and oxygen atoms in total. The molecule has 170 valence electrons. The van der Waals surface area contributed by atoms with E-state index in [1.54, 1.807) is 18.2 Å². The predicted octanol–water partition coefficient (Wildman–Crippen LogP) is 3.51. The van der Waals surface area contributed by atoms with Crippen LogP contribution in [0.2, 0.25) is 0 Å². The minimum Gasteiger partial charge on any atom is -0.486 e. The van der Waals surface area contributed by atoms with Gasteiger partial charge in [-0.25, -0.2) is 0 Å². The van der Waals surface area contributed by atoms with Crippen LogP contribution >= 0.6 is 23.1 Å². The molecule has 1 aromatic heterocycles. The number of thioether (sulfide) groups is 1. The number of ether oxygens (including phenoxy) is 2. The van der Waals surface area contributed by atoms with Crippen molar-refractivity contribution < 1.29 is 24.0 Å². The molecule has 1 aliphatic rings. The number of anilines is 2. The van der Waals surface area contributed by atoms with Gasteiger partial charge in [0.15, 0.2) is 15.8 Å². The van der Waals surface area contributed by atoms with Crippen LogP contribution in [-0.2, 0) is 4.79 Å². The van der Waals surface area contributed by atoms with E-state index in [9.17, 15) is 19.7 Å². The van der Waals surface area contributed by atoms with Crippen LogP contribution in [0.5, 0.6) is 11.5 Å². The monoisotopic (exact) mass is 487 g/mol. The number of carbonyl (C=O) groups excluding carboxylic acids is 2. The quantitative estimate of drug-likeness (QED) is 0.221. The molecule has 0 saturated heterocycles. The summed E-state index contributed by atoms with van der Waals surface area (Å²) in [7, 11) is 0. The number of nitro benzene ring substituents is 1. The van der Waals surface area contributed by atoms with Gasteiger partial charge in [-0.1, -0.05) is 29.2 Å². The summed E-state index contributed by atoms with van der Waals surface area (Å²) in [5.74, 6) is 0.526. The molecule has 4 rings (SSSR count). The zero-order valence-corrected chi connectivity index (χ0v) is 18.8. The van der Waals surface area contributed by atoms with Crippen molar-refractivity contribution in [2.75, 3.05) is 29.6 Å². The smallest absolute Gasteiger partial charge is 0.273 e. The third kappa shape index (κ3) is 5.38. The van der Waals surface area contributed by atoms with Crippen LogP contribution < -0.4 is 20.1 Å². The minimum absolute atomic E-state index is 0.0843. The summed E-state index contributed by atoms with van der Waals surface area (Å²) in [6.07, 6.45) is 0. The molecule has 0 bridgehead atoms. The van der Waals surface area contributed by atoms with Crippen molar-refractivity contribution in [3.8, 4) is 11.5 Å². The van der Waals surface area contributed by atoms with E-state index >= 15 is 0 Å². The fourth-order valence-electron chi connectivity index (χ4n) is 3.00. The molecule has 1 aliphatic heterocycles. The van der Waals surface area contributed by atoms with Crippen LogP contribution in [0.25, 0.3) is 0 Å². The number of nitrogens with zero attached hydrogens (tertiary/aromatic N) is 3. The number of hydrogen-bond acceptors (Lipinski definition) is 10. The van der Waals surface area contributed by atoms with Crippen LogP contribution in [0.3, 0.4) is 0 Å². The lowest BCUT2D eigenvalue weighted by Crippen LogP contribution is -2.17. The normalized spacial score (nSPS) is 12.2. The van der Waals surface area contributed by atoms with E-state index in [0.29, 0.717) is 34.7 Å². The Hall–Kier alpha value is -3.71. The van der Waals surface area contributed by atoms with Gasteiger partial charge in [-0.15, -0.1) is 10.2 Å². The number of nitro groups is 1. The lowest BCUT2D eigenvalue weighted by molar-refractivity contribution is -0.385. The van der Waals surface area contributed by atoms with E-state index in [1.165, 1.54) is 36.9 Å². The van der Waals surface area contributed by atoms with Gasteiger partial charge in [0, 0.05) is 28.9 Å². The van der Waals surface area contributed by atoms with Crippen molar-refractivity contribution in [1.29, 1.82) is 0 Å². The third-order valence-corrected chi connectivity index (χ3v) is 6.50. The minimum atomic E-state index is -0.540. The first-order chi connectivity index (χ1) is 15.9. The average molecular weight is 488 g/mol. The first-order valence-electron chi connectivity index (χ1n) is 9.62. The number of hydrogen-bond donors (Lipinski definition) is 2. The van der Waals surface area contributed by atoms with Crippen LogP contribution in [0.15, 0.2) is 40.7 Å². The Bertz CT molecular complexity index is 1230. The average Bonchev–Trinajstić information content (AvgIpc) is 3.24. The highest BCUT2D eigenvalue weighted by atomic mass is 32.2. The Morgan fingerprint density at radius 2 is 1.94 bits per heavy atom. The van der Waals surface area contributed by atoms with E-state index in [0.717, 1.165) is 11.3 Å². The lowest BCUT2D eigenvalue weighted by Gasteiger charge is -2.18. The molecular weight excluding hydrogens is 470 g/mol. The van der Waals surface area contributed by atoms with Crippen LogP contribution in [-0.4, -0.2) is 45.9 Å². The van der Waals surface area contributed by atoms with Gasteiger partial charge in [-0.3, -0.25) is 25.0 Å². The summed E-state index contributed by atoms with van der Waals surface area (Å²) in [6, 6.07) is 9.44. The van der Waals surface area contributed by atoms with Gasteiger partial charge in [0.1, 0.15) is 13.2 Å². The van der Waals surface area contributed by atoms with Crippen LogP contribution in [0.4, 0.5) is 16.5 Å². The maximum atomic E-state index is 12.5. The first kappa shape index (κ1) is 22.5. The number of amides is 2. The Morgan fingerprint density at radius 1 is 1.15 bits per heavy atom. The van der Waals surface area contributed by atoms with Gasteiger partial charge in [-0.2, -0.15) is 0 Å². The van der Waals surface area contributed by atoms with Crippen molar-refractivity contribution in [3.63, 3.8) is 0 Å². The van der Waals surface area contributed by atoms with E-state index < -0.39 is 10.8 Å². The molecule has 0 saturated carbocycles. The molecule has 3 aromatic rings. The zero-order chi connectivity index (χ0) is 23.4. The van der Waals surface area contributed by atoms with Gasteiger partial charge < -0.3 is 14.8 Å². The first-order valence-corrected chi connectivity index (χ1v) is 11.4. The van der Waals surface area contributed by atoms with Gasteiger partial charge in [0.25, 0.3) is 11.6 Å². The predicted molar refractivity (Wildman–Crippen MR) is 122 cm³/mol. The van der Waals surface area contributed by atoms with Crippen molar-refractivity contribution in [2.45, 2.75) is 11.3 Å². The van der Waals surface area contributed by atoms with E-state index in [2.05, 4.69) is 20.8 Å². The molecule has 2 N–H and O–H groups in total. The molecule has 0 unspecified atom stereocenters. The highest BCUT2D eigenvalue weighted by Gasteiger charge is 2.19. The molecule has 13 heteroatoms. The summed E-state index contributed by atoms with van der Waals surface area (Å²) in [6.45, 7) is 2.45. The van der Waals surface area contributed by atoms with Crippen molar-refractivity contribution in [3.05, 3.63) is 57.6 Å². The number of carbonyl (C=O) groups is 2. The second-order valence-electron chi connectivity index (χ2n) is 6.73. The van der Waals surface area contributed by atoms with Gasteiger partial charge >= 0.3 is 0 Å². The Labute approximate surface area is 195 Å². The second kappa shape index (κ2) is 9.83. The summed E-state index contributed by atoms with van der Waals surface area (Å²) < 4.78 is 11.4. The molecule has 0 radical (unpaired) electrons. The third-order valence-electron chi connectivity index (χ3n) is 4.53. The number of nitrogens with one attached hydrogen (secondary N) is 2. The van der Waals surface area contributed by atoms with Gasteiger partial charge in [0.05, 0.1) is 10.7 Å². The van der Waals surface area contributed by atoms with E-state index in [-0.39, 0.29) is 33.6 Å². The van der Waals surface area contributed by atoms with E-state index in [4.69, 9.17) is 9.47 Å². The van der Waals surface area contributed by atoms with Crippen LogP contribution in [0, 0.1) is 17.0 Å². The fourth-order valence-corrected chi connectivity index (χ4v) is 4.54. The molecule has 0 fully saturated rings. The molecule has 2 heterocycles. The molecule has 0 aliphatic carbocycles. The number of aromatic nitrogens is 2. The molecular formula is C20H17N5O6S2. The lowest BCUT2D eigenvalue weighted by atomic mass is 10.1. The Kier molecular flexibility index (Phi) is 6.70. The van der Waals surface area contributed by atoms with E-state index in [1.807, 2.05) is 0 Å². The number of fused-ring (bicyclic) bond motifs is 1.